The first-order chi connectivity index (χ1) is 9.02. The third kappa shape index (κ3) is 2.70. The second-order valence-corrected chi connectivity index (χ2v) is 4.36. The predicted molar refractivity (Wildman–Crippen MR) is 66.5 cm³/mol. The Morgan fingerprint density at radius 2 is 1.95 bits per heavy atom. The van der Waals surface area contributed by atoms with E-state index in [1.807, 2.05) is 0 Å². The fourth-order valence-corrected chi connectivity index (χ4v) is 1.90. The lowest BCUT2D eigenvalue weighted by Gasteiger charge is -2.09. The third-order valence-electron chi connectivity index (χ3n) is 2.93. The van der Waals surface area contributed by atoms with Crippen LogP contribution in [0.4, 0.5) is 8.78 Å². The Labute approximate surface area is 109 Å². The molecule has 0 fully saturated rings. The van der Waals surface area contributed by atoms with Crippen molar-refractivity contribution in [2.75, 3.05) is 7.11 Å². The number of fused-ring (bicyclic) bond motifs is 1. The summed E-state index contributed by atoms with van der Waals surface area (Å²) in [5.74, 6) is -1.84. The molecule has 2 rings (SSSR count). The number of pyridine rings is 1. The Morgan fingerprint density at radius 3 is 2.63 bits per heavy atom. The number of nitrogens with zero attached hydrogens (tertiary/aromatic N) is 1. The smallest absolute Gasteiger partial charge is 0.308 e. The highest BCUT2D eigenvalue weighted by Crippen LogP contribution is 2.20. The molecular formula is C14H13F2NO2. The SMILES string of the molecule is COC(=O)C(C)Cc1ccc2c(F)ccc(F)c2n1. The van der Waals surface area contributed by atoms with Crippen LogP contribution in [0.3, 0.4) is 0 Å². The highest BCUT2D eigenvalue weighted by molar-refractivity contribution is 5.80. The molecule has 0 saturated heterocycles. The normalized spacial score (nSPS) is 12.4. The lowest BCUT2D eigenvalue weighted by Crippen LogP contribution is -2.15. The fraction of sp³-hybridized carbons (Fsp3) is 0.286. The van der Waals surface area contributed by atoms with Gasteiger partial charge in [0.2, 0.25) is 0 Å². The van der Waals surface area contributed by atoms with Gasteiger partial charge >= 0.3 is 5.97 Å². The Kier molecular flexibility index (Phi) is 3.74. The monoisotopic (exact) mass is 265 g/mol. The molecule has 0 N–H and O–H groups in total. The van der Waals surface area contributed by atoms with Crippen molar-refractivity contribution in [2.24, 2.45) is 5.92 Å². The molecule has 5 heteroatoms. The number of carbonyl (C=O) groups is 1. The largest absolute Gasteiger partial charge is 0.469 e. The Bertz CT molecular complexity index is 628. The van der Waals surface area contributed by atoms with Gasteiger partial charge in [0.15, 0.2) is 0 Å². The van der Waals surface area contributed by atoms with Gasteiger partial charge in [0.05, 0.1) is 13.0 Å². The van der Waals surface area contributed by atoms with E-state index < -0.39 is 11.6 Å². The average molecular weight is 265 g/mol. The molecule has 19 heavy (non-hydrogen) atoms. The molecular weight excluding hydrogens is 252 g/mol. The summed E-state index contributed by atoms with van der Waals surface area (Å²) in [6.45, 7) is 1.69. The first-order valence-corrected chi connectivity index (χ1v) is 5.84. The second-order valence-electron chi connectivity index (χ2n) is 4.36. The minimum absolute atomic E-state index is 0.0189. The zero-order valence-corrected chi connectivity index (χ0v) is 10.6. The predicted octanol–water partition coefficient (Wildman–Crippen LogP) is 2.86. The van der Waals surface area contributed by atoms with Crippen LogP contribution >= 0.6 is 0 Å². The first kappa shape index (κ1) is 13.4. The van der Waals surface area contributed by atoms with Gasteiger partial charge in [-0.25, -0.2) is 13.8 Å². The van der Waals surface area contributed by atoms with Crippen molar-refractivity contribution in [3.8, 4) is 0 Å². The maximum atomic E-state index is 13.6. The van der Waals surface area contributed by atoms with Crippen molar-refractivity contribution in [1.29, 1.82) is 0 Å². The van der Waals surface area contributed by atoms with Crippen LogP contribution in [0, 0.1) is 17.6 Å². The van der Waals surface area contributed by atoms with Crippen molar-refractivity contribution >= 4 is 16.9 Å². The Hall–Kier alpha value is -2.04. The molecule has 0 aliphatic carbocycles. The van der Waals surface area contributed by atoms with E-state index in [-0.39, 0.29) is 22.8 Å². The first-order valence-electron chi connectivity index (χ1n) is 5.84. The van der Waals surface area contributed by atoms with Crippen LogP contribution in [-0.2, 0) is 16.0 Å². The molecule has 0 aliphatic heterocycles. The molecule has 0 saturated carbocycles. The number of carbonyl (C=O) groups excluding carboxylic acids is 1. The number of rotatable bonds is 3. The van der Waals surface area contributed by atoms with E-state index in [4.69, 9.17) is 0 Å². The minimum atomic E-state index is -0.580. The summed E-state index contributed by atoms with van der Waals surface area (Å²) in [6, 6.07) is 5.17. The number of esters is 1. The van der Waals surface area contributed by atoms with Gasteiger partial charge in [-0.15, -0.1) is 0 Å². The fourth-order valence-electron chi connectivity index (χ4n) is 1.90. The van der Waals surface area contributed by atoms with E-state index in [2.05, 4.69) is 9.72 Å². The molecule has 3 nitrogen and oxygen atoms in total. The quantitative estimate of drug-likeness (QED) is 0.801. The van der Waals surface area contributed by atoms with Gasteiger partial charge in [-0.3, -0.25) is 4.79 Å². The molecule has 1 aromatic heterocycles. The Morgan fingerprint density at radius 1 is 1.26 bits per heavy atom. The van der Waals surface area contributed by atoms with Crippen LogP contribution in [0.25, 0.3) is 10.9 Å². The van der Waals surface area contributed by atoms with Gasteiger partial charge in [0.1, 0.15) is 17.2 Å². The summed E-state index contributed by atoms with van der Waals surface area (Å²) in [6.07, 6.45) is 0.318. The molecule has 0 radical (unpaired) electrons. The number of halogens is 2. The second kappa shape index (κ2) is 5.30. The molecule has 0 spiro atoms. The zero-order valence-electron chi connectivity index (χ0n) is 10.6. The maximum Gasteiger partial charge on any atom is 0.308 e. The van der Waals surface area contributed by atoms with Crippen LogP contribution in [0.15, 0.2) is 24.3 Å². The molecule has 1 heterocycles. The van der Waals surface area contributed by atoms with E-state index in [9.17, 15) is 13.6 Å². The third-order valence-corrected chi connectivity index (χ3v) is 2.93. The molecule has 1 aromatic carbocycles. The number of ether oxygens (including phenoxy) is 1. The highest BCUT2D eigenvalue weighted by Gasteiger charge is 2.15. The van der Waals surface area contributed by atoms with E-state index in [1.54, 1.807) is 13.0 Å². The topological polar surface area (TPSA) is 39.2 Å². The van der Waals surface area contributed by atoms with Gasteiger partial charge in [0, 0.05) is 17.5 Å². The van der Waals surface area contributed by atoms with Crippen LogP contribution in [0.1, 0.15) is 12.6 Å². The number of benzene rings is 1. The van der Waals surface area contributed by atoms with Crippen molar-refractivity contribution in [1.82, 2.24) is 4.98 Å². The number of methoxy groups -OCH3 is 1. The van der Waals surface area contributed by atoms with E-state index in [0.29, 0.717) is 12.1 Å². The maximum absolute atomic E-state index is 13.6. The van der Waals surface area contributed by atoms with Gasteiger partial charge in [-0.1, -0.05) is 6.92 Å². The molecule has 0 aliphatic rings. The van der Waals surface area contributed by atoms with Crippen LogP contribution in [0.2, 0.25) is 0 Å². The van der Waals surface area contributed by atoms with E-state index in [0.717, 1.165) is 12.1 Å². The van der Waals surface area contributed by atoms with Crippen LogP contribution < -0.4 is 0 Å². The summed E-state index contributed by atoms with van der Waals surface area (Å²) in [5, 5.41) is 0.134. The summed E-state index contributed by atoms with van der Waals surface area (Å²) in [7, 11) is 1.31. The molecule has 2 aromatic rings. The minimum Gasteiger partial charge on any atom is -0.469 e. The van der Waals surface area contributed by atoms with Crippen LogP contribution in [0.5, 0.6) is 0 Å². The standard InChI is InChI=1S/C14H13F2NO2/c1-8(14(18)19-2)7-9-3-4-10-11(15)5-6-12(16)13(10)17-9/h3-6,8H,7H2,1-2H3. The van der Waals surface area contributed by atoms with E-state index >= 15 is 0 Å². The lowest BCUT2D eigenvalue weighted by molar-refractivity contribution is -0.144. The van der Waals surface area contributed by atoms with Crippen molar-refractivity contribution < 1.29 is 18.3 Å². The van der Waals surface area contributed by atoms with Gasteiger partial charge in [-0.05, 0) is 24.3 Å². The van der Waals surface area contributed by atoms with E-state index in [1.165, 1.54) is 13.2 Å². The van der Waals surface area contributed by atoms with Gasteiger partial charge < -0.3 is 4.74 Å². The van der Waals surface area contributed by atoms with Crippen LogP contribution in [-0.4, -0.2) is 18.1 Å². The molecule has 1 unspecified atom stereocenters. The van der Waals surface area contributed by atoms with Crippen molar-refractivity contribution in [3.63, 3.8) is 0 Å². The molecule has 1 atom stereocenters. The lowest BCUT2D eigenvalue weighted by atomic mass is 10.0. The summed E-state index contributed by atoms with van der Waals surface area (Å²) >= 11 is 0. The summed E-state index contributed by atoms with van der Waals surface area (Å²) in [4.78, 5) is 15.4. The molecule has 0 amide bonds. The number of aromatic nitrogens is 1. The molecule has 100 valence electrons. The highest BCUT2D eigenvalue weighted by atomic mass is 19.1. The number of hydrogen-bond donors (Lipinski definition) is 0. The van der Waals surface area contributed by atoms with Crippen molar-refractivity contribution in [2.45, 2.75) is 13.3 Å². The Balaban J connectivity index is 2.37. The van der Waals surface area contributed by atoms with Crippen molar-refractivity contribution in [3.05, 3.63) is 41.6 Å². The average Bonchev–Trinajstić information content (AvgIpc) is 2.42. The summed E-state index contributed by atoms with van der Waals surface area (Å²) in [5.41, 5.74) is 0.504. The van der Waals surface area contributed by atoms with Gasteiger partial charge in [-0.2, -0.15) is 0 Å². The number of hydrogen-bond acceptors (Lipinski definition) is 3. The molecule has 0 bridgehead atoms. The van der Waals surface area contributed by atoms with Gasteiger partial charge in [0.25, 0.3) is 0 Å². The zero-order chi connectivity index (χ0) is 14.0. The summed E-state index contributed by atoms with van der Waals surface area (Å²) < 4.78 is 31.7.